The first kappa shape index (κ1) is 11.2. The second-order valence-corrected chi connectivity index (χ2v) is 3.77. The third-order valence-electron chi connectivity index (χ3n) is 2.45. The number of aryl methyl sites for hydroxylation is 2. The minimum Gasteiger partial charge on any atom is -0.361 e. The molecule has 0 aliphatic carbocycles. The van der Waals surface area contributed by atoms with Crippen molar-refractivity contribution >= 4 is 11.7 Å². The topological polar surface area (TPSA) is 81.2 Å². The molecule has 0 aliphatic rings. The summed E-state index contributed by atoms with van der Waals surface area (Å²) in [4.78, 5) is 10.8. The van der Waals surface area contributed by atoms with Crippen LogP contribution in [0, 0.1) is 13.8 Å². The monoisotopic (exact) mass is 231 g/mol. The van der Waals surface area contributed by atoms with Gasteiger partial charge in [0.2, 0.25) is 0 Å². The molecule has 0 fully saturated rings. The number of primary amides is 1. The summed E-state index contributed by atoms with van der Waals surface area (Å²) in [5.41, 5.74) is 8.42. The van der Waals surface area contributed by atoms with Gasteiger partial charge in [-0.2, -0.15) is 0 Å². The van der Waals surface area contributed by atoms with Crippen molar-refractivity contribution in [3.8, 4) is 11.1 Å². The molecular formula is C12H13N3O2. The van der Waals surface area contributed by atoms with Gasteiger partial charge in [0.1, 0.15) is 5.76 Å². The van der Waals surface area contributed by atoms with Crippen LogP contribution in [0.5, 0.6) is 0 Å². The van der Waals surface area contributed by atoms with Gasteiger partial charge in [-0.1, -0.05) is 17.3 Å². The maximum atomic E-state index is 10.8. The summed E-state index contributed by atoms with van der Waals surface area (Å²) in [5, 5.41) is 6.43. The molecular weight excluding hydrogens is 218 g/mol. The Bertz CT molecular complexity index is 541. The first-order valence-electron chi connectivity index (χ1n) is 5.17. The first-order chi connectivity index (χ1) is 8.08. The summed E-state index contributed by atoms with van der Waals surface area (Å²) in [6.45, 7) is 3.73. The third-order valence-corrected chi connectivity index (χ3v) is 2.45. The van der Waals surface area contributed by atoms with Gasteiger partial charge < -0.3 is 15.6 Å². The van der Waals surface area contributed by atoms with Crippen LogP contribution in [0.25, 0.3) is 11.1 Å². The fraction of sp³-hybridized carbons (Fsp3) is 0.167. The minimum absolute atomic E-state index is 0.582. The first-order valence-corrected chi connectivity index (χ1v) is 5.17. The van der Waals surface area contributed by atoms with Crippen molar-refractivity contribution in [2.24, 2.45) is 5.73 Å². The maximum Gasteiger partial charge on any atom is 0.316 e. The van der Waals surface area contributed by atoms with E-state index in [4.69, 9.17) is 10.3 Å². The number of benzene rings is 1. The van der Waals surface area contributed by atoms with Gasteiger partial charge in [-0.05, 0) is 31.5 Å². The normalized spacial score (nSPS) is 10.2. The lowest BCUT2D eigenvalue weighted by Gasteiger charge is -2.05. The number of carbonyl (C=O) groups is 1. The number of hydrogen-bond acceptors (Lipinski definition) is 3. The van der Waals surface area contributed by atoms with Crippen molar-refractivity contribution in [2.45, 2.75) is 13.8 Å². The highest BCUT2D eigenvalue weighted by molar-refractivity contribution is 5.88. The molecule has 2 aromatic rings. The Balaban J connectivity index is 2.43. The fourth-order valence-electron chi connectivity index (χ4n) is 1.79. The van der Waals surface area contributed by atoms with Gasteiger partial charge in [0.25, 0.3) is 0 Å². The molecule has 88 valence electrons. The van der Waals surface area contributed by atoms with E-state index in [9.17, 15) is 4.79 Å². The zero-order valence-electron chi connectivity index (χ0n) is 9.65. The number of aromatic nitrogens is 1. The molecule has 3 N–H and O–H groups in total. The second kappa shape index (κ2) is 4.29. The molecule has 1 heterocycles. The second-order valence-electron chi connectivity index (χ2n) is 3.77. The van der Waals surface area contributed by atoms with Gasteiger partial charge in [0.15, 0.2) is 0 Å². The summed E-state index contributed by atoms with van der Waals surface area (Å²) < 4.78 is 5.11. The molecule has 0 atom stereocenters. The Kier molecular flexibility index (Phi) is 2.82. The summed E-state index contributed by atoms with van der Waals surface area (Å²) >= 11 is 0. The van der Waals surface area contributed by atoms with Gasteiger partial charge in [0, 0.05) is 11.3 Å². The number of carbonyl (C=O) groups excluding carboxylic acids is 1. The van der Waals surface area contributed by atoms with Gasteiger partial charge in [-0.25, -0.2) is 4.79 Å². The third kappa shape index (κ3) is 2.28. The lowest BCUT2D eigenvalue weighted by molar-refractivity contribution is 0.259. The quantitative estimate of drug-likeness (QED) is 0.832. The zero-order chi connectivity index (χ0) is 12.4. The van der Waals surface area contributed by atoms with E-state index in [1.807, 2.05) is 32.0 Å². The van der Waals surface area contributed by atoms with Gasteiger partial charge >= 0.3 is 6.03 Å². The molecule has 0 spiro atoms. The molecule has 0 aliphatic heterocycles. The molecule has 0 radical (unpaired) electrons. The van der Waals surface area contributed by atoms with Crippen LogP contribution in [0.1, 0.15) is 11.5 Å². The lowest BCUT2D eigenvalue weighted by atomic mass is 10.0. The molecule has 5 nitrogen and oxygen atoms in total. The van der Waals surface area contributed by atoms with Gasteiger partial charge in [-0.15, -0.1) is 0 Å². The number of urea groups is 1. The average Bonchev–Trinajstić information content (AvgIpc) is 2.58. The molecule has 1 aromatic heterocycles. The number of nitrogens with one attached hydrogen (secondary N) is 1. The summed E-state index contributed by atoms with van der Waals surface area (Å²) in [6.07, 6.45) is 0. The zero-order valence-corrected chi connectivity index (χ0v) is 9.65. The maximum absolute atomic E-state index is 10.8. The Hall–Kier alpha value is -2.30. The van der Waals surface area contributed by atoms with Crippen molar-refractivity contribution in [1.82, 2.24) is 5.16 Å². The van der Waals surface area contributed by atoms with Crippen LogP contribution in [0.3, 0.4) is 0 Å². The SMILES string of the molecule is Cc1noc(C)c1-c1cccc(NC(N)=O)c1. The van der Waals surface area contributed by atoms with Crippen LogP contribution >= 0.6 is 0 Å². The highest BCUT2D eigenvalue weighted by atomic mass is 16.5. The number of amides is 2. The predicted octanol–water partition coefficient (Wildman–Crippen LogP) is 2.45. The number of anilines is 1. The standard InChI is InChI=1S/C12H13N3O2/c1-7-11(8(2)17-15-7)9-4-3-5-10(6-9)14-12(13)16/h3-6H,1-2H3,(H3,13,14,16). The number of nitrogens with two attached hydrogens (primary N) is 1. The number of nitrogens with zero attached hydrogens (tertiary/aromatic N) is 1. The fourth-order valence-corrected chi connectivity index (χ4v) is 1.79. The van der Waals surface area contributed by atoms with E-state index >= 15 is 0 Å². The van der Waals surface area contributed by atoms with Crippen LogP contribution in [-0.2, 0) is 0 Å². The van der Waals surface area contributed by atoms with E-state index in [-0.39, 0.29) is 0 Å². The molecule has 0 unspecified atom stereocenters. The molecule has 1 aromatic carbocycles. The Morgan fingerprint density at radius 1 is 1.41 bits per heavy atom. The number of hydrogen-bond donors (Lipinski definition) is 2. The Morgan fingerprint density at radius 3 is 2.76 bits per heavy atom. The van der Waals surface area contributed by atoms with Crippen molar-refractivity contribution in [3.05, 3.63) is 35.7 Å². The molecule has 5 heteroatoms. The predicted molar refractivity (Wildman–Crippen MR) is 64.6 cm³/mol. The summed E-state index contributed by atoms with van der Waals surface area (Å²) in [6, 6.07) is 6.79. The van der Waals surface area contributed by atoms with Crippen molar-refractivity contribution in [1.29, 1.82) is 0 Å². The molecule has 0 saturated heterocycles. The van der Waals surface area contributed by atoms with Crippen LogP contribution < -0.4 is 11.1 Å². The summed E-state index contributed by atoms with van der Waals surface area (Å²) in [7, 11) is 0. The van der Waals surface area contributed by atoms with Gasteiger partial charge in [-0.3, -0.25) is 0 Å². The minimum atomic E-state index is -0.582. The molecule has 2 amide bonds. The van der Waals surface area contributed by atoms with E-state index in [1.54, 1.807) is 6.07 Å². The highest BCUT2D eigenvalue weighted by Gasteiger charge is 2.11. The van der Waals surface area contributed by atoms with E-state index in [0.29, 0.717) is 5.69 Å². The average molecular weight is 231 g/mol. The van der Waals surface area contributed by atoms with Crippen LogP contribution in [0.2, 0.25) is 0 Å². The van der Waals surface area contributed by atoms with Crippen LogP contribution in [0.15, 0.2) is 28.8 Å². The molecule has 2 rings (SSSR count). The highest BCUT2D eigenvalue weighted by Crippen LogP contribution is 2.28. The van der Waals surface area contributed by atoms with E-state index < -0.39 is 6.03 Å². The van der Waals surface area contributed by atoms with Crippen LogP contribution in [0.4, 0.5) is 10.5 Å². The van der Waals surface area contributed by atoms with E-state index in [2.05, 4.69) is 10.5 Å². The lowest BCUT2D eigenvalue weighted by Crippen LogP contribution is -2.19. The van der Waals surface area contributed by atoms with Crippen molar-refractivity contribution in [3.63, 3.8) is 0 Å². The Labute approximate surface area is 98.6 Å². The smallest absolute Gasteiger partial charge is 0.316 e. The molecule has 0 bridgehead atoms. The van der Waals surface area contributed by atoms with Gasteiger partial charge in [0.05, 0.1) is 5.69 Å². The summed E-state index contributed by atoms with van der Waals surface area (Å²) in [5.74, 6) is 0.749. The van der Waals surface area contributed by atoms with E-state index in [1.165, 1.54) is 0 Å². The van der Waals surface area contributed by atoms with Crippen molar-refractivity contribution < 1.29 is 9.32 Å². The van der Waals surface area contributed by atoms with Crippen molar-refractivity contribution in [2.75, 3.05) is 5.32 Å². The largest absolute Gasteiger partial charge is 0.361 e. The Morgan fingerprint density at radius 2 is 2.18 bits per heavy atom. The molecule has 17 heavy (non-hydrogen) atoms. The molecule has 0 saturated carbocycles. The van der Waals surface area contributed by atoms with E-state index in [0.717, 1.165) is 22.6 Å². The van der Waals surface area contributed by atoms with Crippen LogP contribution in [-0.4, -0.2) is 11.2 Å². The number of rotatable bonds is 2.